The summed E-state index contributed by atoms with van der Waals surface area (Å²) in [7, 11) is 0. The zero-order chi connectivity index (χ0) is 11.1. The molecule has 3 rings (SSSR count). The van der Waals surface area contributed by atoms with Gasteiger partial charge in [0.25, 0.3) is 0 Å². The number of hydrogen-bond donors (Lipinski definition) is 1. The summed E-state index contributed by atoms with van der Waals surface area (Å²) in [5, 5.41) is 4.01. The van der Waals surface area contributed by atoms with Gasteiger partial charge >= 0.3 is 0 Å². The van der Waals surface area contributed by atoms with Gasteiger partial charge in [-0.1, -0.05) is 24.9 Å². The average Bonchev–Trinajstić information content (AvgIpc) is 2.76. The Balaban J connectivity index is 1.69. The summed E-state index contributed by atoms with van der Waals surface area (Å²) >= 11 is 0. The van der Waals surface area contributed by atoms with Gasteiger partial charge in [0.1, 0.15) is 0 Å². The maximum Gasteiger partial charge on any atom is 0.230 e. The molecule has 3 atom stereocenters. The third-order valence-electron chi connectivity index (χ3n) is 4.08. The van der Waals surface area contributed by atoms with Crippen molar-refractivity contribution in [1.29, 1.82) is 0 Å². The maximum absolute atomic E-state index is 5.97. The minimum atomic E-state index is -0.0545. The van der Waals surface area contributed by atoms with Gasteiger partial charge in [-0.05, 0) is 31.1 Å². The van der Waals surface area contributed by atoms with Gasteiger partial charge in [-0.15, -0.1) is 0 Å². The van der Waals surface area contributed by atoms with Crippen molar-refractivity contribution in [3.8, 4) is 0 Å². The molecule has 0 radical (unpaired) electrons. The van der Waals surface area contributed by atoms with Crippen LogP contribution in [0.4, 0.5) is 0 Å². The van der Waals surface area contributed by atoms with Crippen molar-refractivity contribution in [2.45, 2.75) is 51.0 Å². The Morgan fingerprint density at radius 1 is 1.44 bits per heavy atom. The van der Waals surface area contributed by atoms with Gasteiger partial charge in [0.05, 0.1) is 6.04 Å². The molecule has 0 saturated heterocycles. The quantitative estimate of drug-likeness (QED) is 0.847. The molecule has 88 valence electrons. The molecule has 0 aliphatic heterocycles. The van der Waals surface area contributed by atoms with E-state index in [4.69, 9.17) is 10.3 Å². The average molecular weight is 221 g/mol. The fourth-order valence-electron chi connectivity index (χ4n) is 3.16. The van der Waals surface area contributed by atoms with Crippen LogP contribution in [-0.2, 0) is 0 Å². The summed E-state index contributed by atoms with van der Waals surface area (Å²) in [6.45, 7) is 2.12. The second-order valence-electron chi connectivity index (χ2n) is 5.17. The van der Waals surface area contributed by atoms with E-state index in [0.29, 0.717) is 11.7 Å². The highest BCUT2D eigenvalue weighted by molar-refractivity contribution is 5.16. The lowest BCUT2D eigenvalue weighted by Crippen LogP contribution is -2.11. The van der Waals surface area contributed by atoms with E-state index in [0.717, 1.165) is 30.6 Å². The van der Waals surface area contributed by atoms with Crippen molar-refractivity contribution in [2.75, 3.05) is 0 Å². The summed E-state index contributed by atoms with van der Waals surface area (Å²) in [4.78, 5) is 4.47. The van der Waals surface area contributed by atoms with Crippen LogP contribution in [0.25, 0.3) is 0 Å². The normalized spacial score (nSPS) is 33.8. The highest BCUT2D eigenvalue weighted by atomic mass is 16.5. The number of nitrogens with two attached hydrogens (primary N) is 1. The van der Waals surface area contributed by atoms with Gasteiger partial charge < -0.3 is 10.3 Å². The van der Waals surface area contributed by atoms with Crippen LogP contribution < -0.4 is 5.73 Å². The second kappa shape index (κ2) is 3.84. The van der Waals surface area contributed by atoms with Crippen molar-refractivity contribution in [3.63, 3.8) is 0 Å². The predicted octanol–water partition coefficient (Wildman–Crippen LogP) is 2.38. The lowest BCUT2D eigenvalue weighted by atomic mass is 10.1. The molecule has 1 heterocycles. The van der Waals surface area contributed by atoms with Gasteiger partial charge in [0.2, 0.25) is 5.89 Å². The van der Waals surface area contributed by atoms with Crippen LogP contribution in [0.3, 0.4) is 0 Å². The third kappa shape index (κ3) is 1.56. The number of fused-ring (bicyclic) bond motifs is 1. The first kappa shape index (κ1) is 10.3. The standard InChI is InChI=1S/C12H19N3O/c1-2-4-9(13)11-14-12(16-15-11)10-7-5-3-6-8(7)10/h7-10H,2-6,13H2,1H3. The predicted molar refractivity (Wildman–Crippen MR) is 59.7 cm³/mol. The van der Waals surface area contributed by atoms with E-state index >= 15 is 0 Å². The van der Waals surface area contributed by atoms with Crippen molar-refractivity contribution in [3.05, 3.63) is 11.7 Å². The van der Waals surface area contributed by atoms with Crippen LogP contribution in [-0.4, -0.2) is 10.1 Å². The second-order valence-corrected chi connectivity index (χ2v) is 5.17. The molecule has 0 spiro atoms. The molecule has 0 aromatic carbocycles. The van der Waals surface area contributed by atoms with Crippen molar-refractivity contribution in [1.82, 2.24) is 10.1 Å². The molecule has 2 fully saturated rings. The lowest BCUT2D eigenvalue weighted by Gasteiger charge is -2.02. The van der Waals surface area contributed by atoms with Gasteiger partial charge in [-0.25, -0.2) is 0 Å². The van der Waals surface area contributed by atoms with Crippen molar-refractivity contribution < 1.29 is 4.52 Å². The molecule has 2 aliphatic rings. The summed E-state index contributed by atoms with van der Waals surface area (Å²) in [5.74, 6) is 3.76. The van der Waals surface area contributed by atoms with Crippen LogP contribution in [0.1, 0.15) is 62.7 Å². The van der Waals surface area contributed by atoms with E-state index in [1.807, 2.05) is 0 Å². The molecule has 4 heteroatoms. The fourth-order valence-corrected chi connectivity index (χ4v) is 3.16. The molecule has 2 aliphatic carbocycles. The van der Waals surface area contributed by atoms with Gasteiger partial charge in [0.15, 0.2) is 5.82 Å². The number of hydrogen-bond acceptors (Lipinski definition) is 4. The van der Waals surface area contributed by atoms with E-state index in [9.17, 15) is 0 Å². The van der Waals surface area contributed by atoms with E-state index in [1.165, 1.54) is 19.3 Å². The van der Waals surface area contributed by atoms with Crippen molar-refractivity contribution in [2.24, 2.45) is 17.6 Å². The van der Waals surface area contributed by atoms with Crippen LogP contribution >= 0.6 is 0 Å². The number of rotatable bonds is 4. The highest BCUT2D eigenvalue weighted by Gasteiger charge is 2.56. The molecule has 1 aromatic heterocycles. The van der Waals surface area contributed by atoms with E-state index in [1.54, 1.807) is 0 Å². The highest BCUT2D eigenvalue weighted by Crippen LogP contribution is 2.62. The van der Waals surface area contributed by atoms with Gasteiger partial charge in [0, 0.05) is 5.92 Å². The Bertz CT molecular complexity index is 366. The molecule has 2 saturated carbocycles. The summed E-state index contributed by atoms with van der Waals surface area (Å²) in [6, 6.07) is -0.0545. The Morgan fingerprint density at radius 2 is 2.19 bits per heavy atom. The Kier molecular flexibility index (Phi) is 2.46. The topological polar surface area (TPSA) is 64.9 Å². The Hall–Kier alpha value is -0.900. The first-order valence-electron chi connectivity index (χ1n) is 6.40. The zero-order valence-electron chi connectivity index (χ0n) is 9.72. The van der Waals surface area contributed by atoms with Crippen LogP contribution in [0.15, 0.2) is 4.52 Å². The number of nitrogens with zero attached hydrogens (tertiary/aromatic N) is 2. The zero-order valence-corrected chi connectivity index (χ0v) is 9.72. The Morgan fingerprint density at radius 3 is 2.88 bits per heavy atom. The van der Waals surface area contributed by atoms with Crippen molar-refractivity contribution >= 4 is 0 Å². The molecule has 0 bridgehead atoms. The van der Waals surface area contributed by atoms with Crippen LogP contribution in [0, 0.1) is 11.8 Å². The molecule has 4 nitrogen and oxygen atoms in total. The first-order valence-corrected chi connectivity index (χ1v) is 6.40. The number of aromatic nitrogens is 2. The molecular weight excluding hydrogens is 202 g/mol. The maximum atomic E-state index is 5.97. The smallest absolute Gasteiger partial charge is 0.230 e. The van der Waals surface area contributed by atoms with E-state index in [2.05, 4.69) is 17.1 Å². The summed E-state index contributed by atoms with van der Waals surface area (Å²) < 4.78 is 5.35. The van der Waals surface area contributed by atoms with Gasteiger partial charge in [-0.3, -0.25) is 0 Å². The van der Waals surface area contributed by atoms with Crippen LogP contribution in [0.2, 0.25) is 0 Å². The molecular formula is C12H19N3O. The molecule has 2 N–H and O–H groups in total. The minimum absolute atomic E-state index is 0.0545. The molecule has 0 amide bonds. The SMILES string of the molecule is CCCC(N)c1noc(C2C3CCCC32)n1. The van der Waals surface area contributed by atoms with Crippen LogP contribution in [0.5, 0.6) is 0 Å². The molecule has 16 heavy (non-hydrogen) atoms. The third-order valence-corrected chi connectivity index (χ3v) is 4.08. The van der Waals surface area contributed by atoms with E-state index in [-0.39, 0.29) is 6.04 Å². The molecule has 1 aromatic rings. The largest absolute Gasteiger partial charge is 0.339 e. The fraction of sp³-hybridized carbons (Fsp3) is 0.833. The summed E-state index contributed by atoms with van der Waals surface area (Å²) in [5.41, 5.74) is 5.97. The molecule has 3 unspecified atom stereocenters. The monoisotopic (exact) mass is 221 g/mol. The van der Waals surface area contributed by atoms with Gasteiger partial charge in [-0.2, -0.15) is 4.98 Å². The Labute approximate surface area is 95.6 Å². The minimum Gasteiger partial charge on any atom is -0.339 e. The lowest BCUT2D eigenvalue weighted by molar-refractivity contribution is 0.359. The summed E-state index contributed by atoms with van der Waals surface area (Å²) in [6.07, 6.45) is 6.04. The van der Waals surface area contributed by atoms with E-state index < -0.39 is 0 Å². The first-order chi connectivity index (χ1) is 7.81.